The molecule has 1 aliphatic heterocycles. The van der Waals surface area contributed by atoms with Gasteiger partial charge in [-0.3, -0.25) is 0 Å². The van der Waals surface area contributed by atoms with Gasteiger partial charge in [0.2, 0.25) is 0 Å². The van der Waals surface area contributed by atoms with E-state index in [1.54, 1.807) is 7.11 Å². The average molecular weight is 354 g/mol. The number of ether oxygens (including phenoxy) is 2. The monoisotopic (exact) mass is 354 g/mol. The van der Waals surface area contributed by atoms with Gasteiger partial charge in [0.25, 0.3) is 0 Å². The zero-order chi connectivity index (χ0) is 18.7. The topological polar surface area (TPSA) is 33.7 Å². The summed E-state index contributed by atoms with van der Waals surface area (Å²) in [5.74, 6) is 1.92. The van der Waals surface area contributed by atoms with E-state index in [4.69, 9.17) is 9.47 Å². The standard InChI is InChI=1S/C22H30N2O2/c1-15-13-21(25-5)16(2)12-20(15)22-19-7-6-18(26-11-10-24(3)4)14-17(19)8-9-23-22/h6-7,12-14,22-23H,8-11H2,1-5H3. The van der Waals surface area contributed by atoms with Crippen molar-refractivity contribution in [3.05, 3.63) is 58.1 Å². The van der Waals surface area contributed by atoms with E-state index < -0.39 is 0 Å². The molecule has 140 valence electrons. The number of hydrogen-bond donors (Lipinski definition) is 1. The van der Waals surface area contributed by atoms with Crippen molar-refractivity contribution >= 4 is 0 Å². The third-order valence-electron chi connectivity index (χ3n) is 5.07. The fraction of sp³-hybridized carbons (Fsp3) is 0.455. The Kier molecular flexibility index (Phi) is 5.84. The summed E-state index contributed by atoms with van der Waals surface area (Å²) in [4.78, 5) is 2.13. The molecule has 26 heavy (non-hydrogen) atoms. The normalized spacial score (nSPS) is 16.5. The van der Waals surface area contributed by atoms with Crippen LogP contribution in [0.15, 0.2) is 30.3 Å². The number of methoxy groups -OCH3 is 1. The van der Waals surface area contributed by atoms with Gasteiger partial charge in [0, 0.05) is 13.1 Å². The summed E-state index contributed by atoms with van der Waals surface area (Å²) in [7, 11) is 5.85. The lowest BCUT2D eigenvalue weighted by Crippen LogP contribution is -2.31. The number of rotatable bonds is 6. The molecule has 2 aromatic carbocycles. The highest BCUT2D eigenvalue weighted by atomic mass is 16.5. The smallest absolute Gasteiger partial charge is 0.122 e. The van der Waals surface area contributed by atoms with Crippen molar-refractivity contribution < 1.29 is 9.47 Å². The molecule has 3 rings (SSSR count). The van der Waals surface area contributed by atoms with Crippen LogP contribution < -0.4 is 14.8 Å². The van der Waals surface area contributed by atoms with Crippen molar-refractivity contribution in [1.82, 2.24) is 10.2 Å². The van der Waals surface area contributed by atoms with Crippen molar-refractivity contribution in [2.45, 2.75) is 26.3 Å². The van der Waals surface area contributed by atoms with Gasteiger partial charge in [-0.2, -0.15) is 0 Å². The molecule has 1 N–H and O–H groups in total. The molecule has 1 heterocycles. The number of benzene rings is 2. The Balaban J connectivity index is 1.86. The fourth-order valence-corrected chi connectivity index (χ4v) is 3.60. The molecule has 0 radical (unpaired) electrons. The largest absolute Gasteiger partial charge is 0.496 e. The second-order valence-electron chi connectivity index (χ2n) is 7.33. The summed E-state index contributed by atoms with van der Waals surface area (Å²) in [5.41, 5.74) is 6.48. The highest BCUT2D eigenvalue weighted by Gasteiger charge is 2.23. The van der Waals surface area contributed by atoms with E-state index in [9.17, 15) is 0 Å². The number of hydrogen-bond acceptors (Lipinski definition) is 4. The van der Waals surface area contributed by atoms with Gasteiger partial charge in [0.15, 0.2) is 0 Å². The van der Waals surface area contributed by atoms with Crippen molar-refractivity contribution in [2.24, 2.45) is 0 Å². The van der Waals surface area contributed by atoms with Gasteiger partial charge in [0.1, 0.15) is 18.1 Å². The molecular formula is C22H30N2O2. The molecule has 0 bridgehead atoms. The maximum absolute atomic E-state index is 5.92. The Labute approximate surface area is 157 Å². The lowest BCUT2D eigenvalue weighted by molar-refractivity contribution is 0.261. The second kappa shape index (κ2) is 8.11. The molecular weight excluding hydrogens is 324 g/mol. The van der Waals surface area contributed by atoms with Gasteiger partial charge < -0.3 is 19.7 Å². The molecule has 4 nitrogen and oxygen atoms in total. The van der Waals surface area contributed by atoms with Crippen LogP contribution in [0.5, 0.6) is 11.5 Å². The molecule has 1 atom stereocenters. The highest BCUT2D eigenvalue weighted by molar-refractivity contribution is 5.49. The predicted molar refractivity (Wildman–Crippen MR) is 107 cm³/mol. The van der Waals surface area contributed by atoms with Crippen LogP contribution in [0.25, 0.3) is 0 Å². The Morgan fingerprint density at radius 2 is 1.88 bits per heavy atom. The third kappa shape index (κ3) is 4.02. The molecule has 4 heteroatoms. The maximum atomic E-state index is 5.92. The lowest BCUT2D eigenvalue weighted by Gasteiger charge is -2.29. The second-order valence-corrected chi connectivity index (χ2v) is 7.33. The molecule has 0 aliphatic carbocycles. The molecule has 0 spiro atoms. The molecule has 1 aliphatic rings. The van der Waals surface area contributed by atoms with E-state index in [-0.39, 0.29) is 6.04 Å². The number of fused-ring (bicyclic) bond motifs is 1. The van der Waals surface area contributed by atoms with E-state index in [2.05, 4.69) is 68.5 Å². The van der Waals surface area contributed by atoms with Gasteiger partial charge in [-0.05, 0) is 80.4 Å². The van der Waals surface area contributed by atoms with Crippen LogP contribution in [-0.4, -0.2) is 45.8 Å². The van der Waals surface area contributed by atoms with Crippen LogP contribution in [0.1, 0.15) is 33.9 Å². The number of aryl methyl sites for hydroxylation is 2. The quantitative estimate of drug-likeness (QED) is 0.861. The average Bonchev–Trinajstić information content (AvgIpc) is 2.62. The van der Waals surface area contributed by atoms with Crippen LogP contribution in [0.3, 0.4) is 0 Å². The van der Waals surface area contributed by atoms with Crippen molar-refractivity contribution in [1.29, 1.82) is 0 Å². The summed E-state index contributed by atoms with van der Waals surface area (Å²) in [5, 5.41) is 3.69. The first-order chi connectivity index (χ1) is 12.5. The Morgan fingerprint density at radius 3 is 2.62 bits per heavy atom. The summed E-state index contributed by atoms with van der Waals surface area (Å²) in [6, 6.07) is 11.1. The molecule has 0 saturated carbocycles. The zero-order valence-corrected chi connectivity index (χ0v) is 16.6. The number of nitrogens with one attached hydrogen (secondary N) is 1. The first kappa shape index (κ1) is 18.7. The minimum Gasteiger partial charge on any atom is -0.496 e. The van der Waals surface area contributed by atoms with E-state index in [1.807, 2.05) is 0 Å². The van der Waals surface area contributed by atoms with Gasteiger partial charge in [-0.15, -0.1) is 0 Å². The minimum atomic E-state index is 0.221. The van der Waals surface area contributed by atoms with E-state index in [0.717, 1.165) is 31.0 Å². The maximum Gasteiger partial charge on any atom is 0.122 e. The van der Waals surface area contributed by atoms with Gasteiger partial charge in [-0.1, -0.05) is 12.1 Å². The summed E-state index contributed by atoms with van der Waals surface area (Å²) >= 11 is 0. The van der Waals surface area contributed by atoms with Gasteiger partial charge in [0.05, 0.1) is 13.2 Å². The van der Waals surface area contributed by atoms with Crippen LogP contribution in [0.2, 0.25) is 0 Å². The summed E-state index contributed by atoms with van der Waals surface area (Å²) in [6.45, 7) is 6.87. The Bertz CT molecular complexity index is 771. The van der Waals surface area contributed by atoms with Crippen molar-refractivity contribution in [2.75, 3.05) is 40.9 Å². The molecule has 0 saturated heterocycles. The van der Waals surface area contributed by atoms with Crippen molar-refractivity contribution in [3.8, 4) is 11.5 Å². The lowest BCUT2D eigenvalue weighted by atomic mass is 9.87. The molecule has 0 amide bonds. The first-order valence-corrected chi connectivity index (χ1v) is 9.28. The molecule has 1 unspecified atom stereocenters. The van der Waals surface area contributed by atoms with Gasteiger partial charge >= 0.3 is 0 Å². The molecule has 0 fully saturated rings. The fourth-order valence-electron chi connectivity index (χ4n) is 3.60. The van der Waals surface area contributed by atoms with Crippen LogP contribution in [0.4, 0.5) is 0 Å². The zero-order valence-electron chi connectivity index (χ0n) is 16.6. The van der Waals surface area contributed by atoms with E-state index in [1.165, 1.54) is 27.8 Å². The predicted octanol–water partition coefficient (Wildman–Crippen LogP) is 3.49. The Hall–Kier alpha value is -2.04. The Morgan fingerprint density at radius 1 is 1.08 bits per heavy atom. The number of likely N-dealkylation sites (N-methyl/N-ethyl adjacent to an activating group) is 1. The molecule has 2 aromatic rings. The van der Waals surface area contributed by atoms with Crippen molar-refractivity contribution in [3.63, 3.8) is 0 Å². The van der Waals surface area contributed by atoms with E-state index in [0.29, 0.717) is 6.61 Å². The van der Waals surface area contributed by atoms with Crippen LogP contribution >= 0.6 is 0 Å². The highest BCUT2D eigenvalue weighted by Crippen LogP contribution is 2.35. The number of nitrogens with zero attached hydrogens (tertiary/aromatic N) is 1. The van der Waals surface area contributed by atoms with E-state index >= 15 is 0 Å². The summed E-state index contributed by atoms with van der Waals surface area (Å²) in [6.07, 6.45) is 1.03. The van der Waals surface area contributed by atoms with Crippen LogP contribution in [0, 0.1) is 13.8 Å². The molecule has 0 aromatic heterocycles. The SMILES string of the molecule is COc1cc(C)c(C2NCCc3cc(OCCN(C)C)ccc32)cc1C. The first-order valence-electron chi connectivity index (χ1n) is 9.28. The summed E-state index contributed by atoms with van der Waals surface area (Å²) < 4.78 is 11.4. The van der Waals surface area contributed by atoms with Gasteiger partial charge in [-0.25, -0.2) is 0 Å². The third-order valence-corrected chi connectivity index (χ3v) is 5.07. The minimum absolute atomic E-state index is 0.221. The van der Waals surface area contributed by atoms with Crippen LogP contribution in [-0.2, 0) is 6.42 Å².